The first kappa shape index (κ1) is 17.4. The number of aryl methyl sites for hydroxylation is 1. The van der Waals surface area contributed by atoms with E-state index in [0.29, 0.717) is 5.56 Å². The highest BCUT2D eigenvalue weighted by atomic mass is 32.2. The second kappa shape index (κ2) is 7.40. The number of amides is 1. The third-order valence-electron chi connectivity index (χ3n) is 2.98. The Bertz CT molecular complexity index is 599. The topological polar surface area (TPSA) is 79.4 Å². The number of hydrogen-bond donors (Lipinski definition) is 1. The van der Waals surface area contributed by atoms with Crippen molar-refractivity contribution in [1.29, 1.82) is 0 Å². The zero-order valence-electron chi connectivity index (χ0n) is 13.0. The third-order valence-corrected chi connectivity index (χ3v) is 3.90. The number of carbonyl (C=O) groups excluding carboxylic acids is 1. The van der Waals surface area contributed by atoms with Crippen molar-refractivity contribution >= 4 is 21.4 Å². The lowest BCUT2D eigenvalue weighted by atomic mass is 10.2. The van der Waals surface area contributed by atoms with Crippen LogP contribution >= 0.6 is 0 Å². The first-order chi connectivity index (χ1) is 9.74. The van der Waals surface area contributed by atoms with E-state index in [1.54, 1.807) is 7.05 Å². The molecule has 0 fully saturated rings. The Morgan fingerprint density at radius 3 is 2.67 bits per heavy atom. The number of nitrogens with zero attached hydrogens (tertiary/aromatic N) is 2. The van der Waals surface area contributed by atoms with Crippen molar-refractivity contribution in [3.63, 3.8) is 0 Å². The van der Waals surface area contributed by atoms with Crippen LogP contribution in [0.15, 0.2) is 12.3 Å². The number of rotatable bonds is 7. The predicted molar refractivity (Wildman–Crippen MR) is 84.4 cm³/mol. The van der Waals surface area contributed by atoms with Crippen LogP contribution in [0.5, 0.6) is 0 Å². The van der Waals surface area contributed by atoms with E-state index < -0.39 is 9.84 Å². The van der Waals surface area contributed by atoms with Crippen molar-refractivity contribution in [2.45, 2.75) is 20.3 Å². The standard InChI is InChI=1S/C14H23N3O3S/c1-5-6-15-13-9-11(2)16-10-12(13)14(18)17(3)7-8-21(4,19)20/h9-10H,5-8H2,1-4H3,(H,15,16). The Morgan fingerprint density at radius 1 is 1.43 bits per heavy atom. The number of pyridine rings is 1. The van der Waals surface area contributed by atoms with Gasteiger partial charge in [-0.2, -0.15) is 0 Å². The molecule has 0 atom stereocenters. The Balaban J connectivity index is 2.90. The van der Waals surface area contributed by atoms with Gasteiger partial charge in [0.25, 0.3) is 5.91 Å². The molecule has 0 saturated heterocycles. The molecule has 6 nitrogen and oxygen atoms in total. The van der Waals surface area contributed by atoms with Crippen molar-refractivity contribution in [3.8, 4) is 0 Å². The molecule has 1 heterocycles. The average molecular weight is 313 g/mol. The molecule has 0 spiro atoms. The van der Waals surface area contributed by atoms with Crippen molar-refractivity contribution in [1.82, 2.24) is 9.88 Å². The molecule has 1 rings (SSSR count). The highest BCUT2D eigenvalue weighted by Gasteiger charge is 2.17. The molecule has 0 bridgehead atoms. The van der Waals surface area contributed by atoms with E-state index in [1.807, 2.05) is 19.9 Å². The molecular formula is C14H23N3O3S. The van der Waals surface area contributed by atoms with Crippen LogP contribution in [0, 0.1) is 6.92 Å². The van der Waals surface area contributed by atoms with E-state index >= 15 is 0 Å². The zero-order chi connectivity index (χ0) is 16.0. The highest BCUT2D eigenvalue weighted by Crippen LogP contribution is 2.17. The van der Waals surface area contributed by atoms with Gasteiger partial charge >= 0.3 is 0 Å². The molecule has 0 saturated carbocycles. The summed E-state index contributed by atoms with van der Waals surface area (Å²) in [5.41, 5.74) is 2.02. The number of hydrogen-bond acceptors (Lipinski definition) is 5. The molecule has 1 aromatic rings. The quantitative estimate of drug-likeness (QED) is 0.821. The molecule has 1 amide bonds. The number of carbonyl (C=O) groups is 1. The van der Waals surface area contributed by atoms with Gasteiger partial charge in [-0.25, -0.2) is 8.42 Å². The van der Waals surface area contributed by atoms with Crippen molar-refractivity contribution in [2.75, 3.05) is 37.5 Å². The summed E-state index contributed by atoms with van der Waals surface area (Å²) in [6.45, 7) is 4.83. The Labute approximate surface area is 126 Å². The van der Waals surface area contributed by atoms with Crippen molar-refractivity contribution < 1.29 is 13.2 Å². The van der Waals surface area contributed by atoms with Crippen LogP contribution in [0.25, 0.3) is 0 Å². The van der Waals surface area contributed by atoms with Crippen LogP contribution in [-0.4, -0.2) is 56.4 Å². The van der Waals surface area contributed by atoms with E-state index in [0.717, 1.165) is 30.6 Å². The summed E-state index contributed by atoms with van der Waals surface area (Å²) in [7, 11) is -1.50. The lowest BCUT2D eigenvalue weighted by Gasteiger charge is -2.19. The van der Waals surface area contributed by atoms with E-state index in [9.17, 15) is 13.2 Å². The molecule has 1 N–H and O–H groups in total. The fourth-order valence-electron chi connectivity index (χ4n) is 1.75. The lowest BCUT2D eigenvalue weighted by Crippen LogP contribution is -2.32. The monoisotopic (exact) mass is 313 g/mol. The molecule has 0 aliphatic rings. The number of sulfone groups is 1. The summed E-state index contributed by atoms with van der Waals surface area (Å²) in [5.74, 6) is -0.281. The summed E-state index contributed by atoms with van der Waals surface area (Å²) in [6, 6.07) is 1.83. The van der Waals surface area contributed by atoms with Gasteiger partial charge in [-0.05, 0) is 19.4 Å². The smallest absolute Gasteiger partial charge is 0.257 e. The van der Waals surface area contributed by atoms with Gasteiger partial charge in [-0.1, -0.05) is 6.92 Å². The minimum atomic E-state index is -3.09. The van der Waals surface area contributed by atoms with E-state index in [1.165, 1.54) is 11.1 Å². The predicted octanol–water partition coefficient (Wildman–Crippen LogP) is 1.33. The fraction of sp³-hybridized carbons (Fsp3) is 0.571. The highest BCUT2D eigenvalue weighted by molar-refractivity contribution is 7.90. The minimum absolute atomic E-state index is 0.0494. The van der Waals surface area contributed by atoms with Crippen LogP contribution in [0.4, 0.5) is 5.69 Å². The van der Waals surface area contributed by atoms with E-state index in [4.69, 9.17) is 0 Å². The normalized spacial score (nSPS) is 11.2. The molecule has 0 unspecified atom stereocenters. The van der Waals surface area contributed by atoms with Crippen LogP contribution in [0.1, 0.15) is 29.4 Å². The van der Waals surface area contributed by atoms with Gasteiger partial charge in [-0.3, -0.25) is 9.78 Å². The number of aromatic nitrogens is 1. The molecule has 0 radical (unpaired) electrons. The Kier molecular flexibility index (Phi) is 6.14. The van der Waals surface area contributed by atoms with Crippen molar-refractivity contribution in [2.24, 2.45) is 0 Å². The maximum absolute atomic E-state index is 12.4. The summed E-state index contributed by atoms with van der Waals surface area (Å²) < 4.78 is 22.4. The first-order valence-electron chi connectivity index (χ1n) is 6.88. The van der Waals surface area contributed by atoms with Gasteiger partial charge in [0.1, 0.15) is 9.84 Å². The zero-order valence-corrected chi connectivity index (χ0v) is 13.8. The van der Waals surface area contributed by atoms with E-state index in [-0.39, 0.29) is 18.2 Å². The summed E-state index contributed by atoms with van der Waals surface area (Å²) in [6.07, 6.45) is 3.64. The molecule has 21 heavy (non-hydrogen) atoms. The molecule has 0 aliphatic carbocycles. The minimum Gasteiger partial charge on any atom is -0.384 e. The number of anilines is 1. The van der Waals surface area contributed by atoms with Gasteiger partial charge < -0.3 is 10.2 Å². The van der Waals surface area contributed by atoms with Crippen LogP contribution in [0.3, 0.4) is 0 Å². The first-order valence-corrected chi connectivity index (χ1v) is 8.94. The molecule has 118 valence electrons. The average Bonchev–Trinajstić information content (AvgIpc) is 2.41. The molecule has 7 heteroatoms. The Morgan fingerprint density at radius 2 is 2.10 bits per heavy atom. The molecule has 1 aromatic heterocycles. The second-order valence-corrected chi connectivity index (χ2v) is 7.41. The van der Waals surface area contributed by atoms with Crippen LogP contribution in [-0.2, 0) is 9.84 Å². The van der Waals surface area contributed by atoms with Gasteiger partial charge in [0.15, 0.2) is 0 Å². The number of nitrogens with one attached hydrogen (secondary N) is 1. The molecule has 0 aliphatic heterocycles. The van der Waals surface area contributed by atoms with Crippen molar-refractivity contribution in [3.05, 3.63) is 23.5 Å². The molecule has 0 aromatic carbocycles. The SMILES string of the molecule is CCCNc1cc(C)ncc1C(=O)N(C)CCS(C)(=O)=O. The van der Waals surface area contributed by atoms with Gasteiger partial charge in [0.05, 0.1) is 17.0 Å². The fourth-order valence-corrected chi connectivity index (χ4v) is 2.35. The Hall–Kier alpha value is -1.63. The summed E-state index contributed by atoms with van der Waals surface area (Å²) in [4.78, 5) is 18.0. The van der Waals surface area contributed by atoms with Gasteiger partial charge in [-0.15, -0.1) is 0 Å². The van der Waals surface area contributed by atoms with E-state index in [2.05, 4.69) is 10.3 Å². The largest absolute Gasteiger partial charge is 0.384 e. The molecular weight excluding hydrogens is 290 g/mol. The van der Waals surface area contributed by atoms with Crippen LogP contribution in [0.2, 0.25) is 0 Å². The summed E-state index contributed by atoms with van der Waals surface area (Å²) in [5, 5.41) is 3.21. The van der Waals surface area contributed by atoms with Crippen LogP contribution < -0.4 is 5.32 Å². The summed E-state index contributed by atoms with van der Waals surface area (Å²) >= 11 is 0. The van der Waals surface area contributed by atoms with Gasteiger partial charge in [0, 0.05) is 38.3 Å². The van der Waals surface area contributed by atoms with Gasteiger partial charge in [0.2, 0.25) is 0 Å². The maximum atomic E-state index is 12.4. The lowest BCUT2D eigenvalue weighted by molar-refractivity contribution is 0.0804. The second-order valence-electron chi connectivity index (χ2n) is 5.15. The maximum Gasteiger partial charge on any atom is 0.257 e. The third kappa shape index (κ3) is 5.71.